The minimum atomic E-state index is -0.704. The van der Waals surface area contributed by atoms with Crippen LogP contribution in [0.4, 0.5) is 10.1 Å². The molecule has 1 atom stereocenters. The number of anilines is 1. The van der Waals surface area contributed by atoms with E-state index in [1.54, 1.807) is 13.1 Å². The number of hydrogen-bond acceptors (Lipinski definition) is 6. The summed E-state index contributed by atoms with van der Waals surface area (Å²) in [7, 11) is 1.42. The molecule has 0 radical (unpaired) electrons. The molecule has 0 unspecified atom stereocenters. The summed E-state index contributed by atoms with van der Waals surface area (Å²) in [4.78, 5) is 17.2. The predicted octanol–water partition coefficient (Wildman–Crippen LogP) is 5.05. The molecule has 3 aromatic rings. The predicted molar refractivity (Wildman–Crippen MR) is 128 cm³/mol. The number of halogens is 3. The molecule has 1 fully saturated rings. The second-order valence-corrected chi connectivity index (χ2v) is 8.67. The molecule has 0 saturated carbocycles. The summed E-state index contributed by atoms with van der Waals surface area (Å²) in [5, 5.41) is 10.7. The first kappa shape index (κ1) is 24.3. The Hall–Kier alpha value is -2.88. The number of benzene rings is 1. The molecule has 4 rings (SSSR count). The van der Waals surface area contributed by atoms with Crippen LogP contribution in [0, 0.1) is 5.82 Å². The number of nitrogens with zero attached hydrogens (tertiary/aromatic N) is 3. The molecule has 8 nitrogen and oxygen atoms in total. The number of carbonyl (C=O) groups excluding carboxylic acids is 1. The smallest absolute Gasteiger partial charge is 0.261 e. The number of nitrogens with one attached hydrogen (secondary N) is 2. The third kappa shape index (κ3) is 5.27. The van der Waals surface area contributed by atoms with Crippen molar-refractivity contribution in [3.63, 3.8) is 0 Å². The van der Waals surface area contributed by atoms with Crippen molar-refractivity contribution in [2.24, 2.45) is 0 Å². The average molecular weight is 508 g/mol. The average Bonchev–Trinajstić information content (AvgIpc) is 3.30. The van der Waals surface area contributed by atoms with Gasteiger partial charge >= 0.3 is 0 Å². The Morgan fingerprint density at radius 2 is 2.06 bits per heavy atom. The first-order valence-electron chi connectivity index (χ1n) is 10.8. The van der Waals surface area contributed by atoms with Crippen molar-refractivity contribution >= 4 is 34.8 Å². The normalized spacial score (nSPS) is 15.1. The van der Waals surface area contributed by atoms with Crippen molar-refractivity contribution in [3.8, 4) is 11.6 Å². The number of aromatic nitrogens is 3. The minimum Gasteiger partial charge on any atom is -0.484 e. The fraction of sp³-hybridized carbons (Fsp3) is 0.348. The lowest BCUT2D eigenvalue weighted by Crippen LogP contribution is -2.29. The lowest BCUT2D eigenvalue weighted by molar-refractivity contribution is 0.102. The summed E-state index contributed by atoms with van der Waals surface area (Å²) < 4.78 is 26.9. The molecule has 2 N–H and O–H groups in total. The topological polar surface area (TPSA) is 90.3 Å². The van der Waals surface area contributed by atoms with Crippen LogP contribution in [-0.2, 0) is 0 Å². The van der Waals surface area contributed by atoms with Crippen LogP contribution < -0.4 is 20.1 Å². The molecule has 3 heterocycles. The third-order valence-electron chi connectivity index (χ3n) is 5.61. The van der Waals surface area contributed by atoms with Gasteiger partial charge in [-0.25, -0.2) is 9.37 Å². The monoisotopic (exact) mass is 507 g/mol. The van der Waals surface area contributed by atoms with E-state index >= 15 is 0 Å². The van der Waals surface area contributed by atoms with Gasteiger partial charge in [0, 0.05) is 16.8 Å². The fourth-order valence-electron chi connectivity index (χ4n) is 3.87. The van der Waals surface area contributed by atoms with Gasteiger partial charge in [0.05, 0.1) is 36.3 Å². The zero-order valence-electron chi connectivity index (χ0n) is 18.6. The largest absolute Gasteiger partial charge is 0.484 e. The summed E-state index contributed by atoms with van der Waals surface area (Å²) in [6, 6.07) is 4.39. The van der Waals surface area contributed by atoms with E-state index < -0.39 is 17.8 Å². The Morgan fingerprint density at radius 1 is 1.29 bits per heavy atom. The number of carbonyl (C=O) groups is 1. The minimum absolute atomic E-state index is 0.120. The van der Waals surface area contributed by atoms with E-state index in [2.05, 4.69) is 20.7 Å². The van der Waals surface area contributed by atoms with Crippen molar-refractivity contribution in [2.75, 3.05) is 25.5 Å². The van der Waals surface area contributed by atoms with Gasteiger partial charge in [-0.1, -0.05) is 23.2 Å². The maximum absolute atomic E-state index is 13.9. The van der Waals surface area contributed by atoms with Gasteiger partial charge in [-0.15, -0.1) is 0 Å². The first-order chi connectivity index (χ1) is 16.4. The van der Waals surface area contributed by atoms with Crippen LogP contribution in [0.15, 0.2) is 36.8 Å². The molecular weight excluding hydrogens is 484 g/mol. The van der Waals surface area contributed by atoms with Gasteiger partial charge in [-0.3, -0.25) is 9.48 Å². The highest BCUT2D eigenvalue weighted by atomic mass is 35.5. The van der Waals surface area contributed by atoms with Gasteiger partial charge in [0.15, 0.2) is 0 Å². The molecule has 0 bridgehead atoms. The van der Waals surface area contributed by atoms with E-state index in [0.717, 1.165) is 25.9 Å². The first-order valence-corrected chi connectivity index (χ1v) is 11.5. The molecule has 1 amide bonds. The second-order valence-electron chi connectivity index (χ2n) is 7.89. The lowest BCUT2D eigenvalue weighted by atomic mass is 10.1. The summed E-state index contributed by atoms with van der Waals surface area (Å²) in [6.45, 7) is 3.55. The molecule has 0 spiro atoms. The summed E-state index contributed by atoms with van der Waals surface area (Å²) >= 11 is 12.3. The van der Waals surface area contributed by atoms with Crippen molar-refractivity contribution in [1.82, 2.24) is 20.1 Å². The van der Waals surface area contributed by atoms with Gasteiger partial charge in [-0.2, -0.15) is 5.10 Å². The van der Waals surface area contributed by atoms with Gasteiger partial charge in [0.1, 0.15) is 23.2 Å². The Labute approximate surface area is 206 Å². The van der Waals surface area contributed by atoms with Gasteiger partial charge in [0.2, 0.25) is 5.88 Å². The lowest BCUT2D eigenvalue weighted by Gasteiger charge is -2.22. The number of hydrogen-bond donors (Lipinski definition) is 2. The SMILES string of the molecule is COc1ncc(O[C@H](C)c2c(Cl)ccc(F)c2Cl)cc1C(=O)Nc1cnn(C2CCNCC2)c1. The zero-order valence-corrected chi connectivity index (χ0v) is 20.2. The number of piperidine rings is 1. The summed E-state index contributed by atoms with van der Waals surface area (Å²) in [6.07, 6.45) is 6.07. The third-order valence-corrected chi connectivity index (χ3v) is 6.32. The van der Waals surface area contributed by atoms with Crippen LogP contribution >= 0.6 is 23.2 Å². The Morgan fingerprint density at radius 3 is 2.79 bits per heavy atom. The van der Waals surface area contributed by atoms with Crippen molar-refractivity contribution < 1.29 is 18.7 Å². The van der Waals surface area contributed by atoms with Gasteiger partial charge in [0.25, 0.3) is 5.91 Å². The van der Waals surface area contributed by atoms with Crippen LogP contribution in [0.1, 0.15) is 47.8 Å². The maximum atomic E-state index is 13.9. The molecule has 180 valence electrons. The molecule has 0 aliphatic carbocycles. The van der Waals surface area contributed by atoms with Crippen LogP contribution in [0.25, 0.3) is 0 Å². The number of rotatable bonds is 7. The Balaban J connectivity index is 1.52. The Bertz CT molecular complexity index is 1180. The van der Waals surface area contributed by atoms with Crippen LogP contribution in [0.5, 0.6) is 11.6 Å². The standard InChI is InChI=1S/C23H24Cl2FN5O3/c1-13(20-18(24)3-4-19(26)21(20)25)34-16-9-17(23(33-2)28-11-16)22(32)30-14-10-29-31(12-14)15-5-7-27-8-6-15/h3-4,9-13,15,27H,5-8H2,1-2H3,(H,30,32)/t13-/m1/s1. The van der Waals surface area contributed by atoms with Gasteiger partial charge in [-0.05, 0) is 51.1 Å². The summed E-state index contributed by atoms with van der Waals surface area (Å²) in [5.41, 5.74) is 1.03. The van der Waals surface area contributed by atoms with Crippen molar-refractivity contribution in [1.29, 1.82) is 0 Å². The second kappa shape index (κ2) is 10.6. The van der Waals surface area contributed by atoms with Crippen LogP contribution in [-0.4, -0.2) is 40.9 Å². The highest BCUT2D eigenvalue weighted by Gasteiger charge is 2.22. The number of ether oxygens (including phenoxy) is 2. The summed E-state index contributed by atoms with van der Waals surface area (Å²) in [5.74, 6) is -0.645. The molecule has 11 heteroatoms. The fourth-order valence-corrected chi connectivity index (χ4v) is 4.55. The maximum Gasteiger partial charge on any atom is 0.261 e. The number of amides is 1. The number of methoxy groups -OCH3 is 1. The van der Waals surface area contributed by atoms with E-state index in [1.807, 2.05) is 10.9 Å². The molecule has 1 aromatic carbocycles. The van der Waals surface area contributed by atoms with E-state index in [0.29, 0.717) is 17.3 Å². The quantitative estimate of drug-likeness (QED) is 0.435. The molecule has 34 heavy (non-hydrogen) atoms. The molecule has 2 aromatic heterocycles. The highest BCUT2D eigenvalue weighted by molar-refractivity contribution is 6.36. The highest BCUT2D eigenvalue weighted by Crippen LogP contribution is 2.35. The van der Waals surface area contributed by atoms with E-state index in [4.69, 9.17) is 32.7 Å². The molecule has 1 saturated heterocycles. The molecule has 1 aliphatic rings. The molecule has 1 aliphatic heterocycles. The van der Waals surface area contributed by atoms with E-state index in [-0.39, 0.29) is 27.2 Å². The number of pyridine rings is 1. The van der Waals surface area contributed by atoms with Crippen molar-refractivity contribution in [2.45, 2.75) is 31.9 Å². The van der Waals surface area contributed by atoms with Crippen molar-refractivity contribution in [3.05, 3.63) is 63.8 Å². The van der Waals surface area contributed by atoms with Gasteiger partial charge < -0.3 is 20.1 Å². The zero-order chi connectivity index (χ0) is 24.2. The molecular formula is C23H24Cl2FN5O3. The van der Waals surface area contributed by atoms with Crippen LogP contribution in [0.2, 0.25) is 10.0 Å². The van der Waals surface area contributed by atoms with E-state index in [1.165, 1.54) is 31.5 Å². The Kier molecular flexibility index (Phi) is 7.55. The van der Waals surface area contributed by atoms with Crippen LogP contribution in [0.3, 0.4) is 0 Å². The van der Waals surface area contributed by atoms with E-state index in [9.17, 15) is 9.18 Å².